The molecular weight excluding hydrogens is 495 g/mol. The molecule has 27 heavy (non-hydrogen) atoms. The Hall–Kier alpha value is -0.520. The summed E-state index contributed by atoms with van der Waals surface area (Å²) < 4.78 is 24.7. The lowest BCUT2D eigenvalue weighted by Gasteiger charge is -2.22. The van der Waals surface area contributed by atoms with Gasteiger partial charge in [-0.1, -0.05) is 19.1 Å². The van der Waals surface area contributed by atoms with E-state index >= 15 is 0 Å². The van der Waals surface area contributed by atoms with Crippen molar-refractivity contribution in [3.8, 4) is 0 Å². The van der Waals surface area contributed by atoms with Gasteiger partial charge in [-0.2, -0.15) is 0 Å². The molecule has 9 heteroatoms. The van der Waals surface area contributed by atoms with Crippen LogP contribution in [0.3, 0.4) is 0 Å². The lowest BCUT2D eigenvalue weighted by molar-refractivity contribution is 0.425. The predicted molar refractivity (Wildman–Crippen MR) is 128 cm³/mol. The molecule has 0 saturated heterocycles. The Morgan fingerprint density at radius 3 is 2.33 bits per heavy atom. The molecule has 0 fully saturated rings. The largest absolute Gasteiger partial charge is 0.357 e. The molecule has 1 N–H and O–H groups in total. The average Bonchev–Trinajstić information content (AvgIpc) is 2.60. The van der Waals surface area contributed by atoms with E-state index < -0.39 is 10.0 Å². The molecule has 0 aromatic heterocycles. The molecular formula is C18H33IN4O2S2. The number of nitrogens with zero attached hydrogens (tertiary/aromatic N) is 3. The van der Waals surface area contributed by atoms with Gasteiger partial charge in [0.05, 0.1) is 6.26 Å². The topological polar surface area (TPSA) is 65.0 Å². The van der Waals surface area contributed by atoms with Gasteiger partial charge in [-0.15, -0.1) is 35.7 Å². The van der Waals surface area contributed by atoms with Crippen LogP contribution in [0.1, 0.15) is 25.8 Å². The van der Waals surface area contributed by atoms with Crippen molar-refractivity contribution in [1.82, 2.24) is 14.5 Å². The van der Waals surface area contributed by atoms with Crippen molar-refractivity contribution in [2.75, 3.05) is 45.7 Å². The normalized spacial score (nSPS) is 12.0. The van der Waals surface area contributed by atoms with Gasteiger partial charge in [0.2, 0.25) is 10.0 Å². The summed E-state index contributed by atoms with van der Waals surface area (Å²) in [4.78, 5) is 7.98. The van der Waals surface area contributed by atoms with E-state index in [9.17, 15) is 8.42 Å². The van der Waals surface area contributed by atoms with Crippen LogP contribution >= 0.6 is 35.7 Å². The Labute approximate surface area is 186 Å². The average molecular weight is 529 g/mol. The lowest BCUT2D eigenvalue weighted by Crippen LogP contribution is -2.38. The Morgan fingerprint density at radius 1 is 1.22 bits per heavy atom. The van der Waals surface area contributed by atoms with Crippen LogP contribution in [0.4, 0.5) is 0 Å². The van der Waals surface area contributed by atoms with Gasteiger partial charge in [-0.05, 0) is 37.3 Å². The fourth-order valence-corrected chi connectivity index (χ4v) is 3.88. The number of rotatable bonds is 10. The number of sulfonamides is 1. The predicted octanol–water partition coefficient (Wildman–Crippen LogP) is 3.10. The van der Waals surface area contributed by atoms with E-state index in [0.717, 1.165) is 19.0 Å². The molecule has 0 saturated carbocycles. The molecule has 0 radical (unpaired) electrons. The number of guanidine groups is 1. The summed E-state index contributed by atoms with van der Waals surface area (Å²) >= 11 is 1.73. The van der Waals surface area contributed by atoms with E-state index in [1.165, 1.54) is 21.0 Å². The van der Waals surface area contributed by atoms with Crippen LogP contribution in [0.25, 0.3) is 0 Å². The number of nitrogens with one attached hydrogen (secondary N) is 1. The highest BCUT2D eigenvalue weighted by atomic mass is 127. The van der Waals surface area contributed by atoms with Crippen LogP contribution in [0.15, 0.2) is 34.2 Å². The third-order valence-electron chi connectivity index (χ3n) is 3.92. The van der Waals surface area contributed by atoms with Gasteiger partial charge in [0.15, 0.2) is 5.96 Å². The Bertz CT molecular complexity index is 666. The minimum absolute atomic E-state index is 0. The van der Waals surface area contributed by atoms with E-state index in [0.29, 0.717) is 26.1 Å². The van der Waals surface area contributed by atoms with Crippen molar-refractivity contribution >= 4 is 51.7 Å². The highest BCUT2D eigenvalue weighted by Gasteiger charge is 2.13. The Balaban J connectivity index is 0.00000676. The van der Waals surface area contributed by atoms with E-state index in [1.54, 1.807) is 11.8 Å². The van der Waals surface area contributed by atoms with Crippen LogP contribution in [-0.4, -0.2) is 69.3 Å². The molecule has 0 atom stereocenters. The van der Waals surface area contributed by atoms with E-state index in [2.05, 4.69) is 45.7 Å². The first-order chi connectivity index (χ1) is 12.3. The number of benzene rings is 1. The summed E-state index contributed by atoms with van der Waals surface area (Å²) in [6.45, 7) is 7.03. The first-order valence-electron chi connectivity index (χ1n) is 8.89. The molecule has 0 spiro atoms. The monoisotopic (exact) mass is 528 g/mol. The van der Waals surface area contributed by atoms with Crippen LogP contribution in [0, 0.1) is 0 Å². The third kappa shape index (κ3) is 10.00. The number of aliphatic imine (C=N–C) groups is 1. The highest BCUT2D eigenvalue weighted by Crippen LogP contribution is 2.15. The highest BCUT2D eigenvalue weighted by molar-refractivity contribution is 14.0. The number of hydrogen-bond acceptors (Lipinski definition) is 4. The van der Waals surface area contributed by atoms with E-state index in [4.69, 9.17) is 0 Å². The fourth-order valence-electron chi connectivity index (χ4n) is 2.54. The van der Waals surface area contributed by atoms with Gasteiger partial charge in [0, 0.05) is 44.7 Å². The number of thioether (sulfide) groups is 1. The van der Waals surface area contributed by atoms with Crippen LogP contribution in [-0.2, 0) is 16.6 Å². The van der Waals surface area contributed by atoms with Crippen LogP contribution < -0.4 is 5.32 Å². The molecule has 1 aromatic rings. The zero-order valence-corrected chi connectivity index (χ0v) is 20.9. The van der Waals surface area contributed by atoms with Crippen molar-refractivity contribution in [2.45, 2.75) is 31.7 Å². The quantitative estimate of drug-likeness (QED) is 0.166. The molecule has 0 bridgehead atoms. The molecule has 0 unspecified atom stereocenters. The summed E-state index contributed by atoms with van der Waals surface area (Å²) in [6, 6.07) is 8.53. The van der Waals surface area contributed by atoms with E-state index in [-0.39, 0.29) is 24.0 Å². The number of halogens is 1. The van der Waals surface area contributed by atoms with Gasteiger partial charge in [-0.25, -0.2) is 12.7 Å². The van der Waals surface area contributed by atoms with Crippen LogP contribution in [0.5, 0.6) is 0 Å². The summed E-state index contributed by atoms with van der Waals surface area (Å²) in [5.41, 5.74) is 1.23. The maximum Gasteiger partial charge on any atom is 0.211 e. The Kier molecular flexibility index (Phi) is 13.4. The molecule has 0 aliphatic rings. The van der Waals surface area contributed by atoms with Crippen molar-refractivity contribution < 1.29 is 8.42 Å². The van der Waals surface area contributed by atoms with E-state index in [1.807, 2.05) is 20.9 Å². The lowest BCUT2D eigenvalue weighted by atomic mass is 10.2. The molecule has 0 aliphatic carbocycles. The second-order valence-electron chi connectivity index (χ2n) is 6.05. The zero-order valence-electron chi connectivity index (χ0n) is 16.9. The van der Waals surface area contributed by atoms with Gasteiger partial charge in [0.1, 0.15) is 0 Å². The van der Waals surface area contributed by atoms with Gasteiger partial charge in [0.25, 0.3) is 0 Å². The first kappa shape index (κ1) is 26.5. The molecule has 6 nitrogen and oxygen atoms in total. The van der Waals surface area contributed by atoms with Gasteiger partial charge < -0.3 is 10.2 Å². The zero-order chi connectivity index (χ0) is 19.6. The summed E-state index contributed by atoms with van der Waals surface area (Å²) in [5.74, 6) is 0.837. The molecule has 0 aliphatic heterocycles. The first-order valence-corrected chi connectivity index (χ1v) is 12.0. The third-order valence-corrected chi connectivity index (χ3v) is 6.05. The van der Waals surface area contributed by atoms with Crippen molar-refractivity contribution in [3.05, 3.63) is 29.8 Å². The van der Waals surface area contributed by atoms with Crippen molar-refractivity contribution in [3.63, 3.8) is 0 Å². The molecule has 1 aromatic carbocycles. The summed E-state index contributed by atoms with van der Waals surface area (Å²) in [7, 11) is -1.12. The van der Waals surface area contributed by atoms with Crippen molar-refractivity contribution in [1.29, 1.82) is 0 Å². The summed E-state index contributed by atoms with van der Waals surface area (Å²) in [5, 5.41) is 3.30. The van der Waals surface area contributed by atoms with Gasteiger partial charge in [-0.3, -0.25) is 4.99 Å². The van der Waals surface area contributed by atoms with Gasteiger partial charge >= 0.3 is 0 Å². The van der Waals surface area contributed by atoms with Crippen LogP contribution in [0.2, 0.25) is 0 Å². The standard InChI is InChI=1S/C18H32N4O2S2.HI/c1-6-19-18(20-13-8-14-22(7-2)26(5,23)24)21(3)15-16-9-11-17(25-4)12-10-16;/h9-12H,6-8,13-15H2,1-5H3,(H,19,20);1H. The molecule has 0 amide bonds. The maximum absolute atomic E-state index is 11.6. The van der Waals surface area contributed by atoms with Crippen molar-refractivity contribution in [2.24, 2.45) is 4.99 Å². The minimum atomic E-state index is -3.13. The smallest absolute Gasteiger partial charge is 0.211 e. The summed E-state index contributed by atoms with van der Waals surface area (Å²) in [6.07, 6.45) is 4.02. The second kappa shape index (κ2) is 13.6. The maximum atomic E-state index is 11.6. The molecule has 1 rings (SSSR count). The number of hydrogen-bond donors (Lipinski definition) is 1. The fraction of sp³-hybridized carbons (Fsp3) is 0.611. The SMILES string of the molecule is CCNC(=NCCCN(CC)S(C)(=O)=O)N(C)Cc1ccc(SC)cc1.I. The minimum Gasteiger partial charge on any atom is -0.357 e. The molecule has 156 valence electrons. The second-order valence-corrected chi connectivity index (χ2v) is 8.91. The molecule has 0 heterocycles. The Morgan fingerprint density at radius 2 is 1.85 bits per heavy atom.